The van der Waals surface area contributed by atoms with Crippen molar-refractivity contribution in [2.75, 3.05) is 0 Å². The molecule has 5 heteroatoms. The van der Waals surface area contributed by atoms with Crippen LogP contribution < -0.4 is 0 Å². The van der Waals surface area contributed by atoms with E-state index in [-0.39, 0.29) is 34.8 Å². The number of ketones is 2. The minimum Gasteiger partial charge on any atom is -0.456 e. The number of carbonyl (C=O) groups excluding carboxylic acids is 3. The van der Waals surface area contributed by atoms with E-state index < -0.39 is 17.1 Å². The van der Waals surface area contributed by atoms with Crippen molar-refractivity contribution < 1.29 is 24.2 Å². The first-order chi connectivity index (χ1) is 15.4. The standard InChI is InChI=1S/C28H36O5/c1-15-14-24(33-25(31)16(15)2)28(5,32)22-10-8-18-17-6-7-20-21(29)9-11-23(30)27(20,4)19(17)12-13-26(18,22)3/h7,9,11,17-19,22,24,32H,6,8,10,12-14H2,1-5H3/t17-,18-,19-,22-,24+,26-,27+,28+/m0/s1. The van der Waals surface area contributed by atoms with Gasteiger partial charge in [-0.1, -0.05) is 18.6 Å². The highest BCUT2D eigenvalue weighted by Crippen LogP contribution is 2.67. The molecular weight excluding hydrogens is 416 g/mol. The minimum atomic E-state index is -1.12. The molecule has 1 aliphatic heterocycles. The number of allylic oxidation sites excluding steroid dienone is 4. The highest BCUT2D eigenvalue weighted by molar-refractivity contribution is 6.18. The van der Waals surface area contributed by atoms with Gasteiger partial charge in [0.1, 0.15) is 11.7 Å². The van der Waals surface area contributed by atoms with Crippen LogP contribution in [-0.4, -0.2) is 34.3 Å². The van der Waals surface area contributed by atoms with Gasteiger partial charge in [0, 0.05) is 17.6 Å². The summed E-state index contributed by atoms with van der Waals surface area (Å²) in [5, 5.41) is 11.9. The van der Waals surface area contributed by atoms with Crippen molar-refractivity contribution in [3.63, 3.8) is 0 Å². The van der Waals surface area contributed by atoms with Crippen molar-refractivity contribution in [3.8, 4) is 0 Å². The summed E-state index contributed by atoms with van der Waals surface area (Å²) in [5.74, 6) is 0.573. The normalized spacial score (nSPS) is 44.5. The summed E-state index contributed by atoms with van der Waals surface area (Å²) in [6.07, 6.45) is 9.43. The molecule has 33 heavy (non-hydrogen) atoms. The summed E-state index contributed by atoms with van der Waals surface area (Å²) in [7, 11) is 0. The smallest absolute Gasteiger partial charge is 0.334 e. The van der Waals surface area contributed by atoms with E-state index in [4.69, 9.17) is 4.74 Å². The molecule has 5 nitrogen and oxygen atoms in total. The van der Waals surface area contributed by atoms with Crippen LogP contribution in [0, 0.1) is 34.5 Å². The van der Waals surface area contributed by atoms with Gasteiger partial charge in [0.15, 0.2) is 11.6 Å². The lowest BCUT2D eigenvalue weighted by molar-refractivity contribution is -0.181. The van der Waals surface area contributed by atoms with E-state index in [1.54, 1.807) is 6.92 Å². The van der Waals surface area contributed by atoms with Gasteiger partial charge in [-0.05, 0) is 101 Å². The number of aliphatic hydroxyl groups is 1. The molecule has 178 valence electrons. The molecular formula is C28H36O5. The molecule has 1 N–H and O–H groups in total. The van der Waals surface area contributed by atoms with Crippen LogP contribution >= 0.6 is 0 Å². The van der Waals surface area contributed by atoms with Gasteiger partial charge in [-0.3, -0.25) is 9.59 Å². The van der Waals surface area contributed by atoms with Crippen molar-refractivity contribution in [2.45, 2.75) is 84.8 Å². The zero-order chi connectivity index (χ0) is 23.9. The molecule has 0 bridgehead atoms. The van der Waals surface area contributed by atoms with E-state index in [2.05, 4.69) is 6.92 Å². The molecule has 0 aromatic rings. The van der Waals surface area contributed by atoms with E-state index in [0.717, 1.165) is 37.7 Å². The fourth-order valence-electron chi connectivity index (χ4n) is 8.46. The van der Waals surface area contributed by atoms with Crippen LogP contribution in [0.25, 0.3) is 0 Å². The monoisotopic (exact) mass is 452 g/mol. The fraction of sp³-hybridized carbons (Fsp3) is 0.679. The lowest BCUT2D eigenvalue weighted by Crippen LogP contribution is -2.57. The summed E-state index contributed by atoms with van der Waals surface area (Å²) in [4.78, 5) is 38.1. The predicted octanol–water partition coefficient (Wildman–Crippen LogP) is 4.49. The van der Waals surface area contributed by atoms with E-state index in [9.17, 15) is 19.5 Å². The maximum Gasteiger partial charge on any atom is 0.334 e. The molecule has 0 aromatic carbocycles. The van der Waals surface area contributed by atoms with Gasteiger partial charge < -0.3 is 9.84 Å². The highest BCUT2D eigenvalue weighted by atomic mass is 16.6. The Labute approximate surface area is 196 Å². The molecule has 0 spiro atoms. The number of carbonyl (C=O) groups is 3. The van der Waals surface area contributed by atoms with E-state index in [1.807, 2.05) is 26.8 Å². The van der Waals surface area contributed by atoms with Crippen molar-refractivity contribution in [1.82, 2.24) is 0 Å². The van der Waals surface area contributed by atoms with Crippen molar-refractivity contribution in [1.29, 1.82) is 0 Å². The van der Waals surface area contributed by atoms with Crippen LogP contribution in [0.4, 0.5) is 0 Å². The van der Waals surface area contributed by atoms with Crippen LogP contribution in [0.3, 0.4) is 0 Å². The Kier molecular flexibility index (Phi) is 5.00. The van der Waals surface area contributed by atoms with Gasteiger partial charge in [0.2, 0.25) is 0 Å². The average molecular weight is 453 g/mol. The second kappa shape index (κ2) is 7.24. The fourth-order valence-corrected chi connectivity index (χ4v) is 8.46. The Balaban J connectivity index is 1.45. The third-order valence-corrected chi connectivity index (χ3v) is 10.5. The Morgan fingerprint density at radius 3 is 2.48 bits per heavy atom. The number of esters is 1. The van der Waals surface area contributed by atoms with Crippen LogP contribution in [0.5, 0.6) is 0 Å². The van der Waals surface area contributed by atoms with E-state index in [0.29, 0.717) is 29.4 Å². The number of hydrogen-bond donors (Lipinski definition) is 1. The number of fused-ring (bicyclic) bond motifs is 5. The predicted molar refractivity (Wildman–Crippen MR) is 124 cm³/mol. The molecule has 4 aliphatic carbocycles. The van der Waals surface area contributed by atoms with Crippen LogP contribution in [0.15, 0.2) is 34.9 Å². The van der Waals surface area contributed by atoms with Crippen LogP contribution in [-0.2, 0) is 19.1 Å². The minimum absolute atomic E-state index is 0.0155. The Morgan fingerprint density at radius 1 is 1.06 bits per heavy atom. The molecule has 0 unspecified atom stereocenters. The number of ether oxygens (including phenoxy) is 1. The zero-order valence-electron chi connectivity index (χ0n) is 20.4. The third kappa shape index (κ3) is 2.97. The van der Waals surface area contributed by atoms with Gasteiger partial charge >= 0.3 is 5.97 Å². The molecule has 0 saturated heterocycles. The molecule has 2 fully saturated rings. The van der Waals surface area contributed by atoms with Gasteiger partial charge in [0.05, 0.1) is 5.41 Å². The van der Waals surface area contributed by atoms with Crippen molar-refractivity contribution >= 4 is 17.5 Å². The molecule has 1 heterocycles. The van der Waals surface area contributed by atoms with Crippen molar-refractivity contribution in [2.24, 2.45) is 34.5 Å². The first-order valence-corrected chi connectivity index (χ1v) is 12.5. The van der Waals surface area contributed by atoms with Gasteiger partial charge in [-0.15, -0.1) is 0 Å². The lowest BCUT2D eigenvalue weighted by atomic mass is 9.47. The summed E-state index contributed by atoms with van der Waals surface area (Å²) in [6, 6.07) is 0. The average Bonchev–Trinajstić information content (AvgIpc) is 3.12. The molecule has 2 saturated carbocycles. The Morgan fingerprint density at radius 2 is 1.79 bits per heavy atom. The Bertz CT molecular complexity index is 1030. The second-order valence-corrected chi connectivity index (χ2v) is 11.9. The summed E-state index contributed by atoms with van der Waals surface area (Å²) < 4.78 is 5.74. The van der Waals surface area contributed by atoms with Crippen LogP contribution in [0.1, 0.15) is 73.1 Å². The first-order valence-electron chi connectivity index (χ1n) is 12.5. The van der Waals surface area contributed by atoms with Crippen LogP contribution in [0.2, 0.25) is 0 Å². The molecule has 0 radical (unpaired) electrons. The summed E-state index contributed by atoms with van der Waals surface area (Å²) in [5.41, 5.74) is 0.388. The quantitative estimate of drug-likeness (QED) is 0.624. The third-order valence-electron chi connectivity index (χ3n) is 10.5. The molecule has 5 rings (SSSR count). The maximum absolute atomic E-state index is 13.1. The van der Waals surface area contributed by atoms with Gasteiger partial charge in [0.25, 0.3) is 0 Å². The largest absolute Gasteiger partial charge is 0.456 e. The first kappa shape index (κ1) is 22.8. The maximum atomic E-state index is 13.1. The SMILES string of the molecule is CC1=C(C)C(=O)O[C@@H]([C@](C)(O)[C@H]2CC[C@H]3[C@@H]4CC=C5C(=O)C=CC(=O)[C@]5(C)[C@H]4CC[C@]23C)C1. The van der Waals surface area contributed by atoms with E-state index in [1.165, 1.54) is 12.2 Å². The highest BCUT2D eigenvalue weighted by Gasteiger charge is 2.64. The molecule has 0 aromatic heterocycles. The Hall–Kier alpha value is -2.01. The molecule has 8 atom stereocenters. The topological polar surface area (TPSA) is 80.7 Å². The number of hydrogen-bond acceptors (Lipinski definition) is 5. The van der Waals surface area contributed by atoms with Crippen molar-refractivity contribution in [3.05, 3.63) is 34.9 Å². The molecule has 0 amide bonds. The summed E-state index contributed by atoms with van der Waals surface area (Å²) >= 11 is 0. The number of cyclic esters (lactones) is 1. The van der Waals surface area contributed by atoms with Gasteiger partial charge in [-0.25, -0.2) is 4.79 Å². The summed E-state index contributed by atoms with van der Waals surface area (Å²) in [6.45, 7) is 9.87. The number of rotatable bonds is 2. The molecule has 5 aliphatic rings. The van der Waals surface area contributed by atoms with Gasteiger partial charge in [-0.2, -0.15) is 0 Å². The zero-order valence-corrected chi connectivity index (χ0v) is 20.4. The van der Waals surface area contributed by atoms with E-state index >= 15 is 0 Å². The lowest BCUT2D eigenvalue weighted by Gasteiger charge is -2.57. The second-order valence-electron chi connectivity index (χ2n) is 11.9.